The maximum Gasteiger partial charge on any atom is 0.0754 e. The van der Waals surface area contributed by atoms with Gasteiger partial charge in [0.1, 0.15) is 0 Å². The van der Waals surface area contributed by atoms with Crippen LogP contribution < -0.4 is 4.90 Å². The number of benzene rings is 9. The number of hydrogen-bond donors (Lipinski definition) is 0. The zero-order chi connectivity index (χ0) is 37.5. The second-order valence-electron chi connectivity index (χ2n) is 15.2. The van der Waals surface area contributed by atoms with E-state index in [0.717, 1.165) is 17.1 Å². The van der Waals surface area contributed by atoms with Crippen molar-refractivity contribution < 1.29 is 0 Å². The van der Waals surface area contributed by atoms with Gasteiger partial charge in [-0.2, -0.15) is 0 Å². The fourth-order valence-electron chi connectivity index (χ4n) is 10.1. The molecule has 2 heterocycles. The Morgan fingerprint density at radius 3 is 1.68 bits per heavy atom. The first kappa shape index (κ1) is 31.9. The molecular weight excluding hydrogens is 689 g/mol. The minimum Gasteiger partial charge on any atom is -0.310 e. The lowest BCUT2D eigenvalue weighted by molar-refractivity contribution is 0.748. The number of aromatic nitrogens is 1. The third kappa shape index (κ3) is 4.47. The molecule has 0 radical (unpaired) electrons. The van der Waals surface area contributed by atoms with E-state index in [-0.39, 0.29) is 0 Å². The lowest BCUT2D eigenvalue weighted by Crippen LogP contribution is -2.33. The van der Waals surface area contributed by atoms with Gasteiger partial charge >= 0.3 is 0 Å². The number of rotatable bonds is 5. The van der Waals surface area contributed by atoms with Gasteiger partial charge in [-0.3, -0.25) is 0 Å². The van der Waals surface area contributed by atoms with Crippen LogP contribution in [0.4, 0.5) is 17.1 Å². The lowest BCUT2D eigenvalue weighted by Gasteiger charge is -2.39. The third-order valence-corrected chi connectivity index (χ3v) is 12.4. The normalized spacial score (nSPS) is 14.7. The minimum atomic E-state index is -0.486. The maximum absolute atomic E-state index is 2.51. The summed E-state index contributed by atoms with van der Waals surface area (Å²) in [5, 5.41) is 2.58. The molecule has 0 fully saturated rings. The molecule has 0 saturated carbocycles. The monoisotopic (exact) mass is 724 g/mol. The van der Waals surface area contributed by atoms with E-state index in [1.54, 1.807) is 0 Å². The average molecular weight is 725 g/mol. The second-order valence-corrected chi connectivity index (χ2v) is 15.2. The van der Waals surface area contributed by atoms with Crippen molar-refractivity contribution in [1.29, 1.82) is 0 Å². The average Bonchev–Trinajstić information content (AvgIpc) is 3.78. The van der Waals surface area contributed by atoms with Crippen molar-refractivity contribution in [2.75, 3.05) is 4.90 Å². The Kier molecular flexibility index (Phi) is 6.88. The van der Waals surface area contributed by atoms with Gasteiger partial charge in [0.25, 0.3) is 0 Å². The smallest absolute Gasteiger partial charge is 0.0754 e. The van der Waals surface area contributed by atoms with Crippen molar-refractivity contribution >= 4 is 38.9 Å². The highest BCUT2D eigenvalue weighted by molar-refractivity contribution is 6.13. The predicted octanol–water partition coefficient (Wildman–Crippen LogP) is 14.3. The molecule has 57 heavy (non-hydrogen) atoms. The highest BCUT2D eigenvalue weighted by Crippen LogP contribution is 2.61. The van der Waals surface area contributed by atoms with Crippen LogP contribution in [-0.4, -0.2) is 4.57 Å². The molecule has 10 aromatic rings. The van der Waals surface area contributed by atoms with E-state index >= 15 is 0 Å². The first-order chi connectivity index (χ1) is 28.3. The van der Waals surface area contributed by atoms with Gasteiger partial charge in [-0.15, -0.1) is 0 Å². The third-order valence-electron chi connectivity index (χ3n) is 12.4. The van der Waals surface area contributed by atoms with Crippen LogP contribution in [0.5, 0.6) is 0 Å². The molecule has 1 aromatic heterocycles. The topological polar surface area (TPSA) is 8.17 Å². The number of anilines is 3. The van der Waals surface area contributed by atoms with E-state index in [1.807, 2.05) is 0 Å². The Hall–Kier alpha value is -7.42. The molecule has 266 valence electrons. The number of fused-ring (bicyclic) bond motifs is 12. The van der Waals surface area contributed by atoms with Gasteiger partial charge in [0.2, 0.25) is 0 Å². The quantitative estimate of drug-likeness (QED) is 0.172. The van der Waals surface area contributed by atoms with Gasteiger partial charge in [-0.25, -0.2) is 0 Å². The zero-order valence-corrected chi connectivity index (χ0v) is 31.2. The Labute approximate surface area is 332 Å². The molecule has 2 heteroatoms. The summed E-state index contributed by atoms with van der Waals surface area (Å²) in [6.45, 7) is 0. The molecule has 2 aliphatic rings. The molecule has 1 atom stereocenters. The highest BCUT2D eigenvalue weighted by atomic mass is 15.1. The molecular formula is C55H36N2. The predicted molar refractivity (Wildman–Crippen MR) is 237 cm³/mol. The fraction of sp³-hybridized carbons (Fsp3) is 0.0182. The molecule has 0 saturated heterocycles. The van der Waals surface area contributed by atoms with Crippen molar-refractivity contribution in [2.45, 2.75) is 5.41 Å². The van der Waals surface area contributed by atoms with Crippen LogP contribution in [-0.2, 0) is 5.41 Å². The van der Waals surface area contributed by atoms with Crippen LogP contribution in [0.3, 0.4) is 0 Å². The molecule has 1 aliphatic heterocycles. The van der Waals surface area contributed by atoms with Gasteiger partial charge in [-0.05, 0) is 104 Å². The molecule has 2 nitrogen and oxygen atoms in total. The van der Waals surface area contributed by atoms with Crippen molar-refractivity contribution in [2.24, 2.45) is 0 Å². The van der Waals surface area contributed by atoms with Crippen molar-refractivity contribution in [1.82, 2.24) is 4.57 Å². The summed E-state index contributed by atoms with van der Waals surface area (Å²) < 4.78 is 2.51. The molecule has 1 unspecified atom stereocenters. The molecule has 0 N–H and O–H groups in total. The van der Waals surface area contributed by atoms with Gasteiger partial charge in [-0.1, -0.05) is 170 Å². The van der Waals surface area contributed by atoms with Crippen LogP contribution in [0.1, 0.15) is 22.3 Å². The van der Waals surface area contributed by atoms with Gasteiger partial charge < -0.3 is 9.47 Å². The first-order valence-electron chi connectivity index (χ1n) is 19.8. The molecule has 12 rings (SSSR count). The summed E-state index contributed by atoms with van der Waals surface area (Å²) in [5.41, 5.74) is 19.3. The van der Waals surface area contributed by atoms with Gasteiger partial charge in [0, 0.05) is 27.8 Å². The van der Waals surface area contributed by atoms with E-state index < -0.39 is 5.41 Å². The molecule has 1 aliphatic carbocycles. The number of hydrogen-bond acceptors (Lipinski definition) is 1. The van der Waals surface area contributed by atoms with Gasteiger partial charge in [0.05, 0.1) is 22.1 Å². The second kappa shape index (κ2) is 12.3. The maximum atomic E-state index is 2.51. The van der Waals surface area contributed by atoms with Gasteiger partial charge in [0.15, 0.2) is 0 Å². The summed E-state index contributed by atoms with van der Waals surface area (Å²) in [5.74, 6) is 0. The Bertz CT molecular complexity index is 3180. The molecule has 0 bridgehead atoms. The lowest BCUT2D eigenvalue weighted by atomic mass is 9.65. The standard InChI is InChI=1S/C55H36N2/c1-4-17-37(18-5-1)42-33-31-40(35-46(42)38-19-6-2-7-20-38)56(39-21-8-3-9-22-39)41-32-34-49-47(36-41)43-23-10-12-26-48(43)55(49)50-27-13-15-30-53(50)57-52-29-14-11-24-44(52)45-25-16-28-51(55)54(45)57/h1-36H. The zero-order valence-electron chi connectivity index (χ0n) is 31.2. The summed E-state index contributed by atoms with van der Waals surface area (Å²) in [7, 11) is 0. The molecule has 9 aromatic carbocycles. The Balaban J connectivity index is 1.12. The van der Waals surface area contributed by atoms with Crippen molar-refractivity contribution in [3.05, 3.63) is 241 Å². The summed E-state index contributed by atoms with van der Waals surface area (Å²) in [6.07, 6.45) is 0. The van der Waals surface area contributed by atoms with Crippen LogP contribution >= 0.6 is 0 Å². The SMILES string of the molecule is c1ccc(-c2ccc(N(c3ccccc3)c3ccc4c(c3)-c3ccccc3C43c4ccccc4-n4c5ccccc5c5cccc3c54)cc2-c2ccccc2)cc1. The summed E-state index contributed by atoms with van der Waals surface area (Å²) in [4.78, 5) is 2.42. The molecule has 0 amide bonds. The fourth-order valence-corrected chi connectivity index (χ4v) is 10.1. The van der Waals surface area contributed by atoms with Crippen LogP contribution in [0, 0.1) is 0 Å². The first-order valence-corrected chi connectivity index (χ1v) is 19.8. The Morgan fingerprint density at radius 2 is 0.895 bits per heavy atom. The van der Waals surface area contributed by atoms with E-state index in [9.17, 15) is 0 Å². The van der Waals surface area contributed by atoms with Crippen molar-refractivity contribution in [3.63, 3.8) is 0 Å². The largest absolute Gasteiger partial charge is 0.310 e. The summed E-state index contributed by atoms with van der Waals surface area (Å²) in [6, 6.07) is 80.4. The van der Waals surface area contributed by atoms with Crippen molar-refractivity contribution in [3.8, 4) is 39.1 Å². The van der Waals surface area contributed by atoms with Crippen LogP contribution in [0.2, 0.25) is 0 Å². The highest BCUT2D eigenvalue weighted by Gasteiger charge is 2.50. The van der Waals surface area contributed by atoms with E-state index in [1.165, 1.54) is 83.1 Å². The Morgan fingerprint density at radius 1 is 0.333 bits per heavy atom. The van der Waals surface area contributed by atoms with E-state index in [4.69, 9.17) is 0 Å². The number of para-hydroxylation sites is 4. The number of nitrogens with zero attached hydrogens (tertiary/aromatic N) is 2. The molecule has 1 spiro atoms. The van der Waals surface area contributed by atoms with Crippen LogP contribution in [0.25, 0.3) is 60.9 Å². The minimum absolute atomic E-state index is 0.486. The van der Waals surface area contributed by atoms with E-state index in [2.05, 4.69) is 228 Å². The van der Waals surface area contributed by atoms with Crippen LogP contribution in [0.15, 0.2) is 218 Å². The van der Waals surface area contributed by atoms with E-state index in [0.29, 0.717) is 0 Å². The summed E-state index contributed by atoms with van der Waals surface area (Å²) >= 11 is 0.